The summed E-state index contributed by atoms with van der Waals surface area (Å²) in [5, 5.41) is 0. The van der Waals surface area contributed by atoms with Gasteiger partial charge in [-0.05, 0) is 51.1 Å². The van der Waals surface area contributed by atoms with E-state index in [0.717, 1.165) is 12.0 Å². The molecule has 0 bridgehead atoms. The van der Waals surface area contributed by atoms with Crippen molar-refractivity contribution in [3.8, 4) is 0 Å². The van der Waals surface area contributed by atoms with Crippen LogP contribution in [0.2, 0.25) is 0 Å². The molecule has 0 aromatic heterocycles. The average Bonchev–Trinajstić information content (AvgIpc) is 2.64. The molecule has 14 heavy (non-hydrogen) atoms. The molecule has 1 heterocycles. The summed E-state index contributed by atoms with van der Waals surface area (Å²) in [6, 6.07) is 0.893. The maximum atomic E-state index is 2.73. The molecule has 0 saturated carbocycles. The van der Waals surface area contributed by atoms with Crippen LogP contribution < -0.4 is 0 Å². The van der Waals surface area contributed by atoms with E-state index < -0.39 is 0 Å². The van der Waals surface area contributed by atoms with Crippen molar-refractivity contribution in [1.82, 2.24) is 4.90 Å². The molecule has 1 aliphatic heterocycles. The lowest BCUT2D eigenvalue weighted by atomic mass is 9.99. The molecule has 84 valence electrons. The van der Waals surface area contributed by atoms with E-state index in [9.17, 15) is 0 Å². The quantitative estimate of drug-likeness (QED) is 0.628. The van der Waals surface area contributed by atoms with Crippen LogP contribution in [0, 0.1) is 5.92 Å². The fourth-order valence-electron chi connectivity index (χ4n) is 2.48. The Balaban J connectivity index is 2.29. The van der Waals surface area contributed by atoms with Gasteiger partial charge in [0.05, 0.1) is 0 Å². The Hall–Kier alpha value is -0.0400. The highest BCUT2D eigenvalue weighted by Crippen LogP contribution is 2.20. The van der Waals surface area contributed by atoms with Crippen molar-refractivity contribution in [3.63, 3.8) is 0 Å². The SMILES string of the molecule is CCCC(CCC(C)C)N1CCCC1. The Bertz CT molecular complexity index is 136. The normalized spacial score (nSPS) is 20.6. The van der Waals surface area contributed by atoms with Gasteiger partial charge < -0.3 is 4.90 Å². The van der Waals surface area contributed by atoms with Crippen LogP contribution in [-0.2, 0) is 0 Å². The van der Waals surface area contributed by atoms with Gasteiger partial charge in [0.25, 0.3) is 0 Å². The zero-order valence-corrected chi connectivity index (χ0v) is 10.3. The molecule has 0 N–H and O–H groups in total. The van der Waals surface area contributed by atoms with Crippen LogP contribution in [0.15, 0.2) is 0 Å². The van der Waals surface area contributed by atoms with Crippen LogP contribution in [-0.4, -0.2) is 24.0 Å². The molecule has 1 aliphatic rings. The van der Waals surface area contributed by atoms with Crippen LogP contribution in [0.3, 0.4) is 0 Å². The third-order valence-corrected chi connectivity index (χ3v) is 3.36. The fraction of sp³-hybridized carbons (Fsp3) is 1.00. The first-order chi connectivity index (χ1) is 6.74. The number of likely N-dealkylation sites (tertiary alicyclic amines) is 1. The van der Waals surface area contributed by atoms with Gasteiger partial charge in [-0.25, -0.2) is 0 Å². The van der Waals surface area contributed by atoms with Gasteiger partial charge in [0, 0.05) is 6.04 Å². The van der Waals surface area contributed by atoms with E-state index in [4.69, 9.17) is 0 Å². The Morgan fingerprint density at radius 3 is 2.14 bits per heavy atom. The monoisotopic (exact) mass is 197 g/mol. The predicted molar refractivity (Wildman–Crippen MR) is 63.6 cm³/mol. The van der Waals surface area contributed by atoms with Gasteiger partial charge in [-0.1, -0.05) is 27.2 Å². The Morgan fingerprint density at radius 2 is 1.64 bits per heavy atom. The van der Waals surface area contributed by atoms with Gasteiger partial charge in [-0.3, -0.25) is 0 Å². The molecule has 1 fully saturated rings. The summed E-state index contributed by atoms with van der Waals surface area (Å²) in [6.45, 7) is 9.73. The summed E-state index contributed by atoms with van der Waals surface area (Å²) in [5.41, 5.74) is 0. The van der Waals surface area contributed by atoms with Crippen LogP contribution in [0.5, 0.6) is 0 Å². The van der Waals surface area contributed by atoms with E-state index in [2.05, 4.69) is 25.7 Å². The minimum Gasteiger partial charge on any atom is -0.300 e. The number of hydrogen-bond donors (Lipinski definition) is 0. The van der Waals surface area contributed by atoms with Gasteiger partial charge in [-0.2, -0.15) is 0 Å². The molecule has 1 nitrogen and oxygen atoms in total. The highest BCUT2D eigenvalue weighted by atomic mass is 15.2. The molecule has 0 radical (unpaired) electrons. The Morgan fingerprint density at radius 1 is 1.00 bits per heavy atom. The molecule has 0 amide bonds. The Kier molecular flexibility index (Phi) is 5.54. The lowest BCUT2D eigenvalue weighted by Crippen LogP contribution is -2.32. The maximum absolute atomic E-state index is 2.73. The van der Waals surface area contributed by atoms with Crippen molar-refractivity contribution < 1.29 is 0 Å². The smallest absolute Gasteiger partial charge is 0.00952 e. The third-order valence-electron chi connectivity index (χ3n) is 3.36. The highest BCUT2D eigenvalue weighted by Gasteiger charge is 2.20. The first-order valence-corrected chi connectivity index (χ1v) is 6.48. The first kappa shape index (κ1) is 12.0. The first-order valence-electron chi connectivity index (χ1n) is 6.48. The minimum atomic E-state index is 0.872. The van der Waals surface area contributed by atoms with E-state index in [1.807, 2.05) is 0 Å². The molecule has 1 rings (SSSR count). The van der Waals surface area contributed by atoms with Crippen molar-refractivity contribution >= 4 is 0 Å². The molecule has 1 unspecified atom stereocenters. The lowest BCUT2D eigenvalue weighted by molar-refractivity contribution is 0.208. The third kappa shape index (κ3) is 4.00. The van der Waals surface area contributed by atoms with Crippen molar-refractivity contribution in [2.45, 2.75) is 65.3 Å². The summed E-state index contributed by atoms with van der Waals surface area (Å²) in [7, 11) is 0. The molecule has 1 atom stereocenters. The van der Waals surface area contributed by atoms with Crippen LogP contribution in [0.25, 0.3) is 0 Å². The van der Waals surface area contributed by atoms with Gasteiger partial charge in [0.2, 0.25) is 0 Å². The second-order valence-corrected chi connectivity index (χ2v) is 5.16. The maximum Gasteiger partial charge on any atom is 0.00952 e. The molecular formula is C13H27N. The van der Waals surface area contributed by atoms with Gasteiger partial charge in [-0.15, -0.1) is 0 Å². The van der Waals surface area contributed by atoms with Gasteiger partial charge in [0.1, 0.15) is 0 Å². The number of hydrogen-bond acceptors (Lipinski definition) is 1. The lowest BCUT2D eigenvalue weighted by Gasteiger charge is -2.27. The topological polar surface area (TPSA) is 3.24 Å². The summed E-state index contributed by atoms with van der Waals surface area (Å²) < 4.78 is 0. The van der Waals surface area contributed by atoms with E-state index in [0.29, 0.717) is 0 Å². The van der Waals surface area contributed by atoms with E-state index in [1.165, 1.54) is 51.6 Å². The number of rotatable bonds is 6. The van der Waals surface area contributed by atoms with Crippen LogP contribution >= 0.6 is 0 Å². The fourth-order valence-corrected chi connectivity index (χ4v) is 2.48. The molecule has 0 aliphatic carbocycles. The van der Waals surface area contributed by atoms with Crippen LogP contribution in [0.1, 0.15) is 59.3 Å². The minimum absolute atomic E-state index is 0.872. The average molecular weight is 197 g/mol. The second-order valence-electron chi connectivity index (χ2n) is 5.16. The van der Waals surface area contributed by atoms with Gasteiger partial charge >= 0.3 is 0 Å². The molecule has 0 spiro atoms. The standard InChI is InChI=1S/C13H27N/c1-4-7-13(9-8-12(2)3)14-10-5-6-11-14/h12-13H,4-11H2,1-3H3. The van der Waals surface area contributed by atoms with Crippen molar-refractivity contribution in [3.05, 3.63) is 0 Å². The van der Waals surface area contributed by atoms with E-state index in [-0.39, 0.29) is 0 Å². The number of nitrogens with zero attached hydrogens (tertiary/aromatic N) is 1. The van der Waals surface area contributed by atoms with E-state index >= 15 is 0 Å². The Labute approximate surface area is 89.9 Å². The zero-order chi connectivity index (χ0) is 10.4. The van der Waals surface area contributed by atoms with E-state index in [1.54, 1.807) is 0 Å². The van der Waals surface area contributed by atoms with Crippen molar-refractivity contribution in [1.29, 1.82) is 0 Å². The van der Waals surface area contributed by atoms with Gasteiger partial charge in [0.15, 0.2) is 0 Å². The highest BCUT2D eigenvalue weighted by molar-refractivity contribution is 4.76. The molecule has 1 saturated heterocycles. The summed E-state index contributed by atoms with van der Waals surface area (Å²) in [6.07, 6.45) is 8.45. The molecule has 1 heteroatoms. The molecule has 0 aromatic rings. The second kappa shape index (κ2) is 6.44. The predicted octanol–water partition coefficient (Wildman–Crippen LogP) is 3.69. The van der Waals surface area contributed by atoms with Crippen molar-refractivity contribution in [2.75, 3.05) is 13.1 Å². The zero-order valence-electron chi connectivity index (χ0n) is 10.3. The molecule has 0 aromatic carbocycles. The largest absolute Gasteiger partial charge is 0.300 e. The summed E-state index contributed by atoms with van der Waals surface area (Å²) in [4.78, 5) is 2.73. The van der Waals surface area contributed by atoms with Crippen LogP contribution in [0.4, 0.5) is 0 Å². The van der Waals surface area contributed by atoms with Crippen molar-refractivity contribution in [2.24, 2.45) is 5.92 Å². The molecular weight excluding hydrogens is 170 g/mol. The summed E-state index contributed by atoms with van der Waals surface area (Å²) >= 11 is 0. The summed E-state index contributed by atoms with van der Waals surface area (Å²) in [5.74, 6) is 0.872.